The van der Waals surface area contributed by atoms with Crippen molar-refractivity contribution in [3.8, 4) is 5.75 Å². The third-order valence-corrected chi connectivity index (χ3v) is 5.56. The number of halogens is 4. The Hall–Kier alpha value is -2.94. The summed E-state index contributed by atoms with van der Waals surface area (Å²) >= 11 is 1.43. The summed E-state index contributed by atoms with van der Waals surface area (Å²) in [4.78, 5) is 16.0. The van der Waals surface area contributed by atoms with Gasteiger partial charge in [-0.25, -0.2) is 9.37 Å². The van der Waals surface area contributed by atoms with Crippen LogP contribution >= 0.6 is 11.3 Å². The second-order valence-electron chi connectivity index (χ2n) is 6.52. The Morgan fingerprint density at radius 1 is 1.24 bits per heavy atom. The summed E-state index contributed by atoms with van der Waals surface area (Å²) in [6, 6.07) is 9.02. The topological polar surface area (TPSA) is 44.1 Å². The van der Waals surface area contributed by atoms with Crippen molar-refractivity contribution in [3.05, 3.63) is 58.5 Å². The van der Waals surface area contributed by atoms with E-state index in [1.807, 2.05) is 24.3 Å². The van der Waals surface area contributed by atoms with Gasteiger partial charge in [-0.15, -0.1) is 11.3 Å². The number of rotatable bonds is 3. The predicted octanol–water partition coefficient (Wildman–Crippen LogP) is 5.69. The molecule has 0 atom stereocenters. The van der Waals surface area contributed by atoms with E-state index >= 15 is 0 Å². The largest absolute Gasteiger partial charge is 0.424 e. The molecule has 0 bridgehead atoms. The standard InChI is InChI=1S/C20H14F4N2O2S/c1-10-19(28-11(2)27)12-7-13(20(22,23)24)14(21)8-16(12)26(10)9-18-25-15-5-3-4-6-17(15)29-18/h3-8H,9H2,1-2H3. The van der Waals surface area contributed by atoms with E-state index in [2.05, 4.69) is 4.98 Å². The molecule has 0 saturated carbocycles. The molecule has 150 valence electrons. The highest BCUT2D eigenvalue weighted by Crippen LogP contribution is 2.40. The summed E-state index contributed by atoms with van der Waals surface area (Å²) in [6.45, 7) is 2.97. The van der Waals surface area contributed by atoms with E-state index in [1.54, 1.807) is 11.5 Å². The second-order valence-corrected chi connectivity index (χ2v) is 7.63. The quantitative estimate of drug-likeness (QED) is 0.315. The highest BCUT2D eigenvalue weighted by atomic mass is 32.1. The average molecular weight is 422 g/mol. The molecule has 0 N–H and O–H groups in total. The fourth-order valence-corrected chi connectivity index (χ4v) is 4.24. The minimum absolute atomic E-state index is 0.0147. The first-order valence-electron chi connectivity index (χ1n) is 8.57. The normalized spacial score (nSPS) is 12.1. The molecular weight excluding hydrogens is 408 g/mol. The highest BCUT2D eigenvalue weighted by molar-refractivity contribution is 7.18. The minimum Gasteiger partial charge on any atom is -0.424 e. The van der Waals surface area contributed by atoms with Crippen molar-refractivity contribution in [3.63, 3.8) is 0 Å². The Morgan fingerprint density at radius 3 is 2.62 bits per heavy atom. The molecule has 4 rings (SSSR count). The van der Waals surface area contributed by atoms with Crippen molar-refractivity contribution in [2.45, 2.75) is 26.6 Å². The summed E-state index contributed by atoms with van der Waals surface area (Å²) in [5.74, 6) is -2.08. The lowest BCUT2D eigenvalue weighted by Gasteiger charge is -2.09. The van der Waals surface area contributed by atoms with Crippen LogP contribution in [-0.2, 0) is 17.5 Å². The van der Waals surface area contributed by atoms with Gasteiger partial charge in [-0.3, -0.25) is 4.79 Å². The Bertz CT molecular complexity index is 1220. The van der Waals surface area contributed by atoms with Crippen LogP contribution in [0.25, 0.3) is 21.1 Å². The van der Waals surface area contributed by atoms with Gasteiger partial charge in [0.2, 0.25) is 0 Å². The van der Waals surface area contributed by atoms with Crippen LogP contribution in [0, 0.1) is 12.7 Å². The molecule has 29 heavy (non-hydrogen) atoms. The first-order chi connectivity index (χ1) is 13.6. The maximum Gasteiger partial charge on any atom is 0.419 e. The Kier molecular flexibility index (Phi) is 4.57. The molecule has 0 aliphatic heterocycles. The number of benzene rings is 2. The number of aromatic nitrogens is 2. The number of thiazole rings is 1. The number of alkyl halides is 3. The maximum absolute atomic E-state index is 14.3. The zero-order valence-corrected chi connectivity index (χ0v) is 16.1. The molecule has 0 radical (unpaired) electrons. The Morgan fingerprint density at radius 2 is 1.97 bits per heavy atom. The SMILES string of the molecule is CC(=O)Oc1c(C)n(Cc2nc3ccccc3s2)c2cc(F)c(C(F)(F)F)cc12. The third-order valence-electron chi connectivity index (χ3n) is 4.54. The van der Waals surface area contributed by atoms with Crippen LogP contribution in [0.3, 0.4) is 0 Å². The van der Waals surface area contributed by atoms with Crippen LogP contribution in [0.1, 0.15) is 23.2 Å². The van der Waals surface area contributed by atoms with E-state index in [1.165, 1.54) is 11.3 Å². The number of carbonyl (C=O) groups is 1. The smallest absolute Gasteiger partial charge is 0.419 e. The van der Waals surface area contributed by atoms with Gasteiger partial charge in [0.15, 0.2) is 5.75 Å². The zero-order chi connectivity index (χ0) is 20.9. The average Bonchev–Trinajstić information content (AvgIpc) is 3.14. The fourth-order valence-electron chi connectivity index (χ4n) is 3.28. The van der Waals surface area contributed by atoms with E-state index in [9.17, 15) is 22.4 Å². The van der Waals surface area contributed by atoms with Crippen LogP contribution in [-0.4, -0.2) is 15.5 Å². The van der Waals surface area contributed by atoms with Crippen molar-refractivity contribution in [1.82, 2.24) is 9.55 Å². The van der Waals surface area contributed by atoms with Gasteiger partial charge >= 0.3 is 12.1 Å². The van der Waals surface area contributed by atoms with Gasteiger partial charge in [-0.1, -0.05) is 12.1 Å². The number of para-hydroxylation sites is 1. The minimum atomic E-state index is -4.87. The Labute approximate surface area is 166 Å². The van der Waals surface area contributed by atoms with Crippen molar-refractivity contribution in [2.75, 3.05) is 0 Å². The summed E-state index contributed by atoms with van der Waals surface area (Å²) < 4.78 is 61.5. The van der Waals surface area contributed by atoms with E-state index in [4.69, 9.17) is 4.74 Å². The van der Waals surface area contributed by atoms with Crippen molar-refractivity contribution in [2.24, 2.45) is 0 Å². The molecule has 0 amide bonds. The molecule has 2 heterocycles. The monoisotopic (exact) mass is 422 g/mol. The molecule has 0 aliphatic rings. The van der Waals surface area contributed by atoms with Crippen molar-refractivity contribution < 1.29 is 27.1 Å². The molecule has 9 heteroatoms. The highest BCUT2D eigenvalue weighted by Gasteiger charge is 2.35. The molecule has 0 saturated heterocycles. The van der Waals surface area contributed by atoms with Gasteiger partial charge in [0.25, 0.3) is 0 Å². The van der Waals surface area contributed by atoms with E-state index in [0.717, 1.165) is 23.2 Å². The molecule has 2 aromatic carbocycles. The van der Waals surface area contributed by atoms with Crippen LogP contribution in [0.2, 0.25) is 0 Å². The Balaban J connectivity index is 1.91. The summed E-state index contributed by atoms with van der Waals surface area (Å²) in [7, 11) is 0. The fraction of sp³-hybridized carbons (Fsp3) is 0.200. The van der Waals surface area contributed by atoms with Crippen molar-refractivity contribution >= 4 is 38.4 Å². The van der Waals surface area contributed by atoms with Gasteiger partial charge in [0.1, 0.15) is 10.8 Å². The number of hydrogen-bond donors (Lipinski definition) is 0. The molecule has 0 spiro atoms. The molecule has 4 nitrogen and oxygen atoms in total. The van der Waals surface area contributed by atoms with Gasteiger partial charge in [0.05, 0.1) is 33.5 Å². The predicted molar refractivity (Wildman–Crippen MR) is 102 cm³/mol. The van der Waals surface area contributed by atoms with Gasteiger partial charge in [0, 0.05) is 12.3 Å². The lowest BCUT2D eigenvalue weighted by molar-refractivity contribution is -0.139. The van der Waals surface area contributed by atoms with Gasteiger partial charge in [-0.05, 0) is 31.2 Å². The maximum atomic E-state index is 14.3. The van der Waals surface area contributed by atoms with Gasteiger partial charge < -0.3 is 9.30 Å². The number of carbonyl (C=O) groups excluding carboxylic acids is 1. The molecule has 0 fully saturated rings. The summed E-state index contributed by atoms with van der Waals surface area (Å²) in [6.07, 6.45) is -4.87. The number of esters is 1. The first-order valence-corrected chi connectivity index (χ1v) is 9.39. The van der Waals surface area contributed by atoms with Gasteiger partial charge in [-0.2, -0.15) is 13.2 Å². The number of ether oxygens (including phenoxy) is 1. The second kappa shape index (κ2) is 6.84. The lowest BCUT2D eigenvalue weighted by atomic mass is 10.1. The van der Waals surface area contributed by atoms with Crippen molar-refractivity contribution in [1.29, 1.82) is 0 Å². The number of fused-ring (bicyclic) bond motifs is 2. The zero-order valence-electron chi connectivity index (χ0n) is 15.3. The van der Waals surface area contributed by atoms with E-state index < -0.39 is 23.5 Å². The first kappa shape index (κ1) is 19.4. The van der Waals surface area contributed by atoms with E-state index in [-0.39, 0.29) is 23.2 Å². The van der Waals surface area contributed by atoms with Crippen LogP contribution < -0.4 is 4.74 Å². The third kappa shape index (κ3) is 3.46. The van der Waals surface area contributed by atoms with E-state index in [0.29, 0.717) is 16.8 Å². The van der Waals surface area contributed by atoms with Crippen LogP contribution in [0.5, 0.6) is 5.75 Å². The summed E-state index contributed by atoms with van der Waals surface area (Å²) in [5, 5.41) is 0.716. The molecule has 0 unspecified atom stereocenters. The van der Waals surface area contributed by atoms with Crippen LogP contribution in [0.15, 0.2) is 36.4 Å². The molecular formula is C20H14F4N2O2S. The molecule has 2 aromatic heterocycles. The molecule has 0 aliphatic carbocycles. The van der Waals surface area contributed by atoms with Crippen LogP contribution in [0.4, 0.5) is 17.6 Å². The number of hydrogen-bond acceptors (Lipinski definition) is 4. The molecule has 4 aromatic rings. The number of nitrogens with zero attached hydrogens (tertiary/aromatic N) is 2. The summed E-state index contributed by atoms with van der Waals surface area (Å²) in [5.41, 5.74) is -0.000381. The lowest BCUT2D eigenvalue weighted by Crippen LogP contribution is -2.08.